The fourth-order valence-corrected chi connectivity index (χ4v) is 5.90. The second-order valence-electron chi connectivity index (χ2n) is 7.47. The van der Waals surface area contributed by atoms with Crippen LogP contribution in [0.4, 0.5) is 0 Å². The van der Waals surface area contributed by atoms with E-state index in [1.165, 1.54) is 21.7 Å². The van der Waals surface area contributed by atoms with Crippen LogP contribution in [0.15, 0.2) is 23.6 Å². The smallest absolute Gasteiger partial charge is 0.263 e. The number of carbonyl (C=O) groups is 2. The highest BCUT2D eigenvalue weighted by molar-refractivity contribution is 7.14. The molecule has 4 nitrogen and oxygen atoms in total. The van der Waals surface area contributed by atoms with E-state index in [9.17, 15) is 9.59 Å². The van der Waals surface area contributed by atoms with Gasteiger partial charge < -0.3 is 10.2 Å². The molecule has 1 atom stereocenters. The molecule has 0 aromatic carbocycles. The minimum atomic E-state index is 0.0355. The first-order valence-electron chi connectivity index (χ1n) is 9.91. The molecular formula is C21H26N2O2S2. The molecule has 27 heavy (non-hydrogen) atoms. The maximum atomic E-state index is 12.7. The SMILES string of the molecule is O=C(NCCc1cccs1)[C@H]1CCc2sc(C(=O)N3CCCCC3)cc2C1. The number of carbonyl (C=O) groups excluding carboxylic acids is 2. The molecule has 3 heterocycles. The van der Waals surface area contributed by atoms with E-state index in [-0.39, 0.29) is 17.7 Å². The van der Waals surface area contributed by atoms with Gasteiger partial charge >= 0.3 is 0 Å². The molecular weight excluding hydrogens is 376 g/mol. The number of likely N-dealkylation sites (tertiary alicyclic amines) is 1. The van der Waals surface area contributed by atoms with Gasteiger partial charge in [-0.1, -0.05) is 6.07 Å². The van der Waals surface area contributed by atoms with Crippen molar-refractivity contribution >= 4 is 34.5 Å². The number of amides is 2. The van der Waals surface area contributed by atoms with Gasteiger partial charge in [-0.25, -0.2) is 0 Å². The van der Waals surface area contributed by atoms with Gasteiger partial charge in [0.1, 0.15) is 0 Å². The number of hydrogen-bond donors (Lipinski definition) is 1. The lowest BCUT2D eigenvalue weighted by Crippen LogP contribution is -2.35. The van der Waals surface area contributed by atoms with Gasteiger partial charge in [0, 0.05) is 35.3 Å². The van der Waals surface area contributed by atoms with Gasteiger partial charge in [-0.05, 0) is 68.0 Å². The molecule has 2 aromatic rings. The Hall–Kier alpha value is -1.66. The number of rotatable bonds is 5. The fourth-order valence-electron chi connectivity index (χ4n) is 4.01. The third kappa shape index (κ3) is 4.43. The van der Waals surface area contributed by atoms with Crippen molar-refractivity contribution in [2.45, 2.75) is 44.9 Å². The largest absolute Gasteiger partial charge is 0.355 e. The topological polar surface area (TPSA) is 49.4 Å². The second-order valence-corrected chi connectivity index (χ2v) is 9.64. The summed E-state index contributed by atoms with van der Waals surface area (Å²) in [6, 6.07) is 6.21. The predicted octanol–water partition coefficient (Wildman–Crippen LogP) is 3.90. The Morgan fingerprint density at radius 1 is 1.22 bits per heavy atom. The molecule has 0 unspecified atom stereocenters. The third-order valence-corrected chi connectivity index (χ3v) is 7.72. The van der Waals surface area contributed by atoms with Crippen molar-refractivity contribution in [2.75, 3.05) is 19.6 Å². The van der Waals surface area contributed by atoms with Crippen molar-refractivity contribution in [1.82, 2.24) is 10.2 Å². The zero-order valence-corrected chi connectivity index (χ0v) is 17.2. The van der Waals surface area contributed by atoms with E-state index in [4.69, 9.17) is 0 Å². The van der Waals surface area contributed by atoms with Crippen molar-refractivity contribution in [3.05, 3.63) is 43.8 Å². The van der Waals surface area contributed by atoms with Gasteiger partial charge in [0.2, 0.25) is 5.91 Å². The van der Waals surface area contributed by atoms with Gasteiger partial charge in [-0.15, -0.1) is 22.7 Å². The van der Waals surface area contributed by atoms with E-state index in [1.54, 1.807) is 22.7 Å². The summed E-state index contributed by atoms with van der Waals surface area (Å²) in [5.41, 5.74) is 1.21. The lowest BCUT2D eigenvalue weighted by molar-refractivity contribution is -0.125. The van der Waals surface area contributed by atoms with Crippen LogP contribution in [0, 0.1) is 5.92 Å². The van der Waals surface area contributed by atoms with Crippen LogP contribution < -0.4 is 5.32 Å². The van der Waals surface area contributed by atoms with Crippen LogP contribution in [0.1, 0.15) is 50.7 Å². The van der Waals surface area contributed by atoms with E-state index >= 15 is 0 Å². The number of piperidine rings is 1. The van der Waals surface area contributed by atoms with Gasteiger partial charge in [0.25, 0.3) is 5.91 Å². The van der Waals surface area contributed by atoms with Crippen LogP contribution in [0.25, 0.3) is 0 Å². The Morgan fingerprint density at radius 3 is 2.85 bits per heavy atom. The Kier molecular flexibility index (Phi) is 5.93. The first kappa shape index (κ1) is 18.7. The molecule has 0 radical (unpaired) electrons. The number of fused-ring (bicyclic) bond motifs is 1. The van der Waals surface area contributed by atoms with Crippen molar-refractivity contribution in [2.24, 2.45) is 5.92 Å². The van der Waals surface area contributed by atoms with E-state index < -0.39 is 0 Å². The summed E-state index contributed by atoms with van der Waals surface area (Å²) in [7, 11) is 0. The normalized spacial score (nSPS) is 19.6. The number of thiophene rings is 2. The van der Waals surface area contributed by atoms with Gasteiger partial charge in [-0.2, -0.15) is 0 Å². The first-order chi connectivity index (χ1) is 13.2. The Labute approximate surface area is 168 Å². The summed E-state index contributed by atoms with van der Waals surface area (Å²) in [5, 5.41) is 5.17. The molecule has 2 aliphatic rings. The minimum Gasteiger partial charge on any atom is -0.355 e. The molecule has 1 N–H and O–H groups in total. The molecule has 0 spiro atoms. The molecule has 1 aliphatic heterocycles. The molecule has 4 rings (SSSR count). The Bertz CT molecular complexity index is 791. The fraction of sp³-hybridized carbons (Fsp3) is 0.524. The summed E-state index contributed by atoms with van der Waals surface area (Å²) in [6.45, 7) is 2.47. The van der Waals surface area contributed by atoms with Crippen LogP contribution in [0.5, 0.6) is 0 Å². The Morgan fingerprint density at radius 2 is 2.07 bits per heavy atom. The van der Waals surface area contributed by atoms with Crippen molar-refractivity contribution in [1.29, 1.82) is 0 Å². The maximum absolute atomic E-state index is 12.7. The highest BCUT2D eigenvalue weighted by atomic mass is 32.1. The number of nitrogens with one attached hydrogen (secondary N) is 1. The first-order valence-corrected chi connectivity index (χ1v) is 11.6. The van der Waals surface area contributed by atoms with E-state index in [2.05, 4.69) is 22.8 Å². The van der Waals surface area contributed by atoms with E-state index in [1.807, 2.05) is 11.0 Å². The van der Waals surface area contributed by atoms with Crippen LogP contribution >= 0.6 is 22.7 Å². The third-order valence-electron chi connectivity index (χ3n) is 5.56. The number of aryl methyl sites for hydroxylation is 1. The Balaban J connectivity index is 1.33. The summed E-state index contributed by atoms with van der Waals surface area (Å²) >= 11 is 3.38. The molecule has 0 saturated carbocycles. The van der Waals surface area contributed by atoms with E-state index in [0.717, 1.165) is 56.5 Å². The molecule has 1 fully saturated rings. The standard InChI is InChI=1S/C21H26N2O2S2/c24-20(22-9-8-17-5-4-12-26-17)15-6-7-18-16(13-15)14-19(27-18)21(25)23-10-2-1-3-11-23/h4-5,12,14-15H,1-3,6-11,13H2,(H,22,24)/t15-/m0/s1. The number of hydrogen-bond acceptors (Lipinski definition) is 4. The minimum absolute atomic E-state index is 0.0355. The summed E-state index contributed by atoms with van der Waals surface area (Å²) in [6.07, 6.45) is 6.92. The van der Waals surface area contributed by atoms with Crippen LogP contribution in [0.2, 0.25) is 0 Å². The molecule has 144 valence electrons. The zero-order valence-electron chi connectivity index (χ0n) is 15.5. The summed E-state index contributed by atoms with van der Waals surface area (Å²) < 4.78 is 0. The average Bonchev–Trinajstić information content (AvgIpc) is 3.37. The highest BCUT2D eigenvalue weighted by Crippen LogP contribution is 2.33. The zero-order chi connectivity index (χ0) is 18.6. The molecule has 2 aromatic heterocycles. The second kappa shape index (κ2) is 8.57. The molecule has 0 bridgehead atoms. The van der Waals surface area contributed by atoms with Crippen LogP contribution in [-0.4, -0.2) is 36.3 Å². The van der Waals surface area contributed by atoms with Gasteiger partial charge in [0.15, 0.2) is 0 Å². The molecule has 1 aliphatic carbocycles. The van der Waals surface area contributed by atoms with E-state index in [0.29, 0.717) is 6.54 Å². The predicted molar refractivity (Wildman–Crippen MR) is 111 cm³/mol. The molecule has 6 heteroatoms. The van der Waals surface area contributed by atoms with Crippen molar-refractivity contribution < 1.29 is 9.59 Å². The van der Waals surface area contributed by atoms with Crippen LogP contribution in [0.3, 0.4) is 0 Å². The lowest BCUT2D eigenvalue weighted by atomic mass is 9.87. The maximum Gasteiger partial charge on any atom is 0.263 e. The molecule has 2 amide bonds. The average molecular weight is 403 g/mol. The number of nitrogens with zero attached hydrogens (tertiary/aromatic N) is 1. The van der Waals surface area contributed by atoms with Crippen molar-refractivity contribution in [3.8, 4) is 0 Å². The monoisotopic (exact) mass is 402 g/mol. The van der Waals surface area contributed by atoms with Gasteiger partial charge in [0.05, 0.1) is 4.88 Å². The highest BCUT2D eigenvalue weighted by Gasteiger charge is 2.28. The van der Waals surface area contributed by atoms with Crippen LogP contribution in [-0.2, 0) is 24.1 Å². The summed E-state index contributed by atoms with van der Waals surface area (Å²) in [4.78, 5) is 30.8. The van der Waals surface area contributed by atoms with Gasteiger partial charge in [-0.3, -0.25) is 9.59 Å². The quantitative estimate of drug-likeness (QED) is 0.825. The lowest BCUT2D eigenvalue weighted by Gasteiger charge is -2.26. The summed E-state index contributed by atoms with van der Waals surface area (Å²) in [5.74, 6) is 0.381. The van der Waals surface area contributed by atoms with Crippen molar-refractivity contribution in [3.63, 3.8) is 0 Å². The molecule has 1 saturated heterocycles.